The Hall–Kier alpha value is -1.88. The van der Waals surface area contributed by atoms with Crippen LogP contribution in [0.25, 0.3) is 0 Å². The van der Waals surface area contributed by atoms with E-state index in [0.717, 1.165) is 0 Å². The predicted octanol–water partition coefficient (Wildman–Crippen LogP) is -0.138. The normalized spacial score (nSPS) is 10.6. The number of nitrogens with one attached hydrogen (secondary N) is 1. The molecule has 0 fully saturated rings. The molecule has 0 spiro atoms. The summed E-state index contributed by atoms with van der Waals surface area (Å²) >= 11 is 0. The van der Waals surface area contributed by atoms with Crippen LogP contribution in [0.5, 0.6) is 5.95 Å². The molecule has 0 radical (unpaired) electrons. The first kappa shape index (κ1) is 10.6. The topological polar surface area (TPSA) is 65.0 Å². The standard InChI is InChI=1S/C11H13N3O2/c1-14-10(11(15)16-13-14)8-12-7-9-5-3-2-4-6-9/h2-6,12H,7-8H2,1H3. The van der Waals surface area contributed by atoms with Crippen molar-refractivity contribution in [3.05, 3.63) is 41.6 Å². The number of aryl methyl sites for hydroxylation is 1. The van der Waals surface area contributed by atoms with Gasteiger partial charge in [-0.05, 0) is 5.56 Å². The van der Waals surface area contributed by atoms with E-state index in [1.807, 2.05) is 30.3 Å². The smallest absolute Gasteiger partial charge is 0.246 e. The highest BCUT2D eigenvalue weighted by Crippen LogP contribution is 2.05. The van der Waals surface area contributed by atoms with Crippen LogP contribution in [-0.4, -0.2) is 5.27 Å². The molecule has 0 saturated carbocycles. The van der Waals surface area contributed by atoms with Crippen LogP contribution in [0.3, 0.4) is 0 Å². The van der Waals surface area contributed by atoms with E-state index in [4.69, 9.17) is 0 Å². The van der Waals surface area contributed by atoms with Gasteiger partial charge in [0.2, 0.25) is 5.69 Å². The second-order valence-electron chi connectivity index (χ2n) is 3.52. The zero-order valence-electron chi connectivity index (χ0n) is 9.01. The van der Waals surface area contributed by atoms with Gasteiger partial charge < -0.3 is 14.9 Å². The highest BCUT2D eigenvalue weighted by Gasteiger charge is 2.11. The molecule has 1 heterocycles. The van der Waals surface area contributed by atoms with Crippen molar-refractivity contribution in [2.75, 3.05) is 0 Å². The van der Waals surface area contributed by atoms with E-state index < -0.39 is 0 Å². The number of hydrogen-bond donors (Lipinski definition) is 1. The van der Waals surface area contributed by atoms with Crippen LogP contribution in [0.1, 0.15) is 11.3 Å². The lowest BCUT2D eigenvalue weighted by Gasteiger charge is -2.02. The summed E-state index contributed by atoms with van der Waals surface area (Å²) in [6.45, 7) is 1.17. The summed E-state index contributed by atoms with van der Waals surface area (Å²) in [5.41, 5.74) is 1.70. The minimum atomic E-state index is -0.386. The zero-order chi connectivity index (χ0) is 11.4. The fourth-order valence-electron chi connectivity index (χ4n) is 1.44. The lowest BCUT2D eigenvalue weighted by molar-refractivity contribution is -0.746. The second-order valence-corrected chi connectivity index (χ2v) is 3.52. The third-order valence-electron chi connectivity index (χ3n) is 2.34. The van der Waals surface area contributed by atoms with Gasteiger partial charge in [0.1, 0.15) is 0 Å². The maximum atomic E-state index is 11.2. The van der Waals surface area contributed by atoms with Gasteiger partial charge in [0.05, 0.1) is 11.8 Å². The molecule has 0 atom stereocenters. The highest BCUT2D eigenvalue weighted by molar-refractivity contribution is 5.14. The van der Waals surface area contributed by atoms with Crippen LogP contribution in [-0.2, 0) is 20.1 Å². The van der Waals surface area contributed by atoms with Crippen LogP contribution in [0, 0.1) is 0 Å². The van der Waals surface area contributed by atoms with Crippen molar-refractivity contribution in [1.82, 2.24) is 10.6 Å². The van der Waals surface area contributed by atoms with Gasteiger partial charge in [0.15, 0.2) is 13.0 Å². The third-order valence-corrected chi connectivity index (χ3v) is 2.34. The summed E-state index contributed by atoms with van der Waals surface area (Å²) in [5, 5.41) is 17.9. The van der Waals surface area contributed by atoms with E-state index in [1.54, 1.807) is 7.05 Å². The van der Waals surface area contributed by atoms with Gasteiger partial charge in [-0.1, -0.05) is 35.0 Å². The fourth-order valence-corrected chi connectivity index (χ4v) is 1.44. The Morgan fingerprint density at radius 2 is 2.06 bits per heavy atom. The Labute approximate surface area is 93.3 Å². The summed E-state index contributed by atoms with van der Waals surface area (Å²) in [6.07, 6.45) is 0. The van der Waals surface area contributed by atoms with E-state index >= 15 is 0 Å². The summed E-state index contributed by atoms with van der Waals surface area (Å²) in [7, 11) is 1.68. The molecule has 1 N–H and O–H groups in total. The molecule has 84 valence electrons. The molecule has 1 aromatic carbocycles. The fraction of sp³-hybridized carbons (Fsp3) is 0.273. The summed E-state index contributed by atoms with van der Waals surface area (Å²) < 4.78 is 5.96. The van der Waals surface area contributed by atoms with Crippen LogP contribution in [0.15, 0.2) is 34.9 Å². The number of aromatic nitrogens is 2. The molecule has 2 rings (SSSR count). The number of nitrogens with zero attached hydrogens (tertiary/aromatic N) is 2. The molecule has 0 saturated heterocycles. The van der Waals surface area contributed by atoms with Gasteiger partial charge in [-0.3, -0.25) is 0 Å². The Bertz CT molecular complexity index is 434. The van der Waals surface area contributed by atoms with Crippen molar-refractivity contribution in [1.29, 1.82) is 0 Å². The monoisotopic (exact) mass is 219 g/mol. The number of rotatable bonds is 4. The second kappa shape index (κ2) is 4.76. The van der Waals surface area contributed by atoms with Gasteiger partial charge in [-0.2, -0.15) is 0 Å². The van der Waals surface area contributed by atoms with Crippen molar-refractivity contribution in [2.45, 2.75) is 13.1 Å². The predicted molar refractivity (Wildman–Crippen MR) is 54.1 cm³/mol. The minimum absolute atomic E-state index is 0.386. The molecule has 5 nitrogen and oxygen atoms in total. The Morgan fingerprint density at radius 1 is 1.31 bits per heavy atom. The Kier molecular flexibility index (Phi) is 3.16. The SMILES string of the molecule is C[n+]1noc([O-])c1CNCc1ccccc1. The molecular weight excluding hydrogens is 206 g/mol. The molecular formula is C11H13N3O2. The first-order chi connectivity index (χ1) is 7.77. The van der Waals surface area contributed by atoms with Crippen LogP contribution < -0.4 is 15.1 Å². The number of benzene rings is 1. The lowest BCUT2D eigenvalue weighted by Crippen LogP contribution is -2.36. The van der Waals surface area contributed by atoms with Crippen molar-refractivity contribution in [2.24, 2.45) is 7.05 Å². The molecule has 2 aromatic rings. The van der Waals surface area contributed by atoms with Gasteiger partial charge in [0, 0.05) is 6.54 Å². The zero-order valence-corrected chi connectivity index (χ0v) is 9.01. The first-order valence-electron chi connectivity index (χ1n) is 5.04. The molecule has 16 heavy (non-hydrogen) atoms. The van der Waals surface area contributed by atoms with Gasteiger partial charge in [-0.25, -0.2) is 0 Å². The van der Waals surface area contributed by atoms with E-state index in [9.17, 15) is 5.11 Å². The maximum absolute atomic E-state index is 11.2. The van der Waals surface area contributed by atoms with Crippen molar-refractivity contribution < 1.29 is 14.3 Å². The lowest BCUT2D eigenvalue weighted by atomic mass is 10.2. The average molecular weight is 219 g/mol. The van der Waals surface area contributed by atoms with Crippen molar-refractivity contribution in [3.63, 3.8) is 0 Å². The Morgan fingerprint density at radius 3 is 2.69 bits per heavy atom. The van der Waals surface area contributed by atoms with E-state index in [0.29, 0.717) is 18.8 Å². The molecule has 0 aliphatic rings. The molecule has 0 aliphatic carbocycles. The quantitative estimate of drug-likeness (QED) is 0.727. The summed E-state index contributed by atoms with van der Waals surface area (Å²) in [5.74, 6) is -0.386. The van der Waals surface area contributed by atoms with Crippen LogP contribution >= 0.6 is 0 Å². The summed E-state index contributed by atoms with van der Waals surface area (Å²) in [6, 6.07) is 9.99. The maximum Gasteiger partial charge on any atom is 0.246 e. The van der Waals surface area contributed by atoms with E-state index in [1.165, 1.54) is 10.2 Å². The van der Waals surface area contributed by atoms with E-state index in [-0.39, 0.29) is 5.95 Å². The van der Waals surface area contributed by atoms with Gasteiger partial charge in [0.25, 0.3) is 0 Å². The van der Waals surface area contributed by atoms with E-state index in [2.05, 4.69) is 15.1 Å². The molecule has 0 amide bonds. The molecule has 1 aromatic heterocycles. The molecule has 0 unspecified atom stereocenters. The number of hydrogen-bond acceptors (Lipinski definition) is 4. The Balaban J connectivity index is 1.89. The van der Waals surface area contributed by atoms with Crippen LogP contribution in [0.4, 0.5) is 0 Å². The first-order valence-corrected chi connectivity index (χ1v) is 5.04. The third kappa shape index (κ3) is 2.38. The van der Waals surface area contributed by atoms with Crippen LogP contribution in [0.2, 0.25) is 0 Å². The van der Waals surface area contributed by atoms with Crippen molar-refractivity contribution in [3.8, 4) is 5.95 Å². The highest BCUT2D eigenvalue weighted by atomic mass is 16.6. The molecule has 0 aliphatic heterocycles. The summed E-state index contributed by atoms with van der Waals surface area (Å²) in [4.78, 5) is 0. The largest absolute Gasteiger partial charge is 0.539 e. The average Bonchev–Trinajstić information content (AvgIpc) is 2.62. The molecule has 5 heteroatoms. The van der Waals surface area contributed by atoms with Gasteiger partial charge >= 0.3 is 0 Å². The minimum Gasteiger partial charge on any atom is -0.539 e. The van der Waals surface area contributed by atoms with Gasteiger partial charge in [-0.15, -0.1) is 0 Å². The molecule has 0 bridgehead atoms. The van der Waals surface area contributed by atoms with Crippen molar-refractivity contribution >= 4 is 0 Å².